The standard InChI is InChI=1S/C11H18N2O4/c1-16-10-3-4-13-9(11(10)17-2)6-12-5-8(15)7-14/h3-4,8,12,14-15H,5-7H2,1-2H3. The van der Waals surface area contributed by atoms with Gasteiger partial charge >= 0.3 is 0 Å². The molecular formula is C11H18N2O4. The van der Waals surface area contributed by atoms with E-state index in [1.165, 1.54) is 0 Å². The molecule has 0 aliphatic rings. The molecule has 0 saturated carbocycles. The fraction of sp³-hybridized carbons (Fsp3) is 0.545. The van der Waals surface area contributed by atoms with E-state index in [1.54, 1.807) is 26.5 Å². The molecule has 0 aliphatic carbocycles. The van der Waals surface area contributed by atoms with Crippen LogP contribution in [0.2, 0.25) is 0 Å². The Kier molecular flexibility index (Phi) is 5.68. The molecule has 1 unspecified atom stereocenters. The van der Waals surface area contributed by atoms with E-state index in [-0.39, 0.29) is 6.61 Å². The molecule has 6 heteroatoms. The van der Waals surface area contributed by atoms with Crippen LogP contribution in [0.5, 0.6) is 11.5 Å². The lowest BCUT2D eigenvalue weighted by Crippen LogP contribution is -2.29. The van der Waals surface area contributed by atoms with Gasteiger partial charge in [0.25, 0.3) is 0 Å². The highest BCUT2D eigenvalue weighted by Gasteiger charge is 2.11. The smallest absolute Gasteiger partial charge is 0.183 e. The number of aromatic nitrogens is 1. The number of ether oxygens (including phenoxy) is 2. The summed E-state index contributed by atoms with van der Waals surface area (Å²) in [6, 6.07) is 1.71. The number of nitrogens with zero attached hydrogens (tertiary/aromatic N) is 1. The Labute approximate surface area is 100 Å². The zero-order chi connectivity index (χ0) is 12.7. The van der Waals surface area contributed by atoms with E-state index in [4.69, 9.17) is 14.6 Å². The summed E-state index contributed by atoms with van der Waals surface area (Å²) in [6.07, 6.45) is 0.854. The third-order valence-electron chi connectivity index (χ3n) is 2.25. The van der Waals surface area contributed by atoms with Crippen LogP contribution in [0, 0.1) is 0 Å². The summed E-state index contributed by atoms with van der Waals surface area (Å²) in [6.45, 7) is 0.450. The number of aliphatic hydroxyl groups is 2. The molecule has 0 aromatic carbocycles. The molecule has 6 nitrogen and oxygen atoms in total. The second-order valence-corrected chi connectivity index (χ2v) is 3.46. The number of methoxy groups -OCH3 is 2. The zero-order valence-electron chi connectivity index (χ0n) is 10.0. The van der Waals surface area contributed by atoms with Crippen molar-refractivity contribution in [1.82, 2.24) is 10.3 Å². The van der Waals surface area contributed by atoms with Crippen molar-refractivity contribution in [3.05, 3.63) is 18.0 Å². The van der Waals surface area contributed by atoms with Crippen LogP contribution in [0.3, 0.4) is 0 Å². The van der Waals surface area contributed by atoms with E-state index in [1.807, 2.05) is 0 Å². The van der Waals surface area contributed by atoms with Gasteiger partial charge in [0.1, 0.15) is 0 Å². The highest BCUT2D eigenvalue weighted by Crippen LogP contribution is 2.28. The fourth-order valence-corrected chi connectivity index (χ4v) is 1.40. The molecule has 0 saturated heterocycles. The quantitative estimate of drug-likeness (QED) is 0.600. The maximum atomic E-state index is 9.17. The molecule has 17 heavy (non-hydrogen) atoms. The van der Waals surface area contributed by atoms with Crippen molar-refractivity contribution in [2.45, 2.75) is 12.6 Å². The molecule has 0 amide bonds. The van der Waals surface area contributed by atoms with Gasteiger partial charge in [-0.15, -0.1) is 0 Å². The molecule has 1 aromatic heterocycles. The van der Waals surface area contributed by atoms with Gasteiger partial charge in [-0.3, -0.25) is 4.98 Å². The number of nitrogens with one attached hydrogen (secondary N) is 1. The summed E-state index contributed by atoms with van der Waals surface area (Å²) in [5, 5.41) is 20.8. The third-order valence-corrected chi connectivity index (χ3v) is 2.25. The lowest BCUT2D eigenvalue weighted by molar-refractivity contribution is 0.0941. The lowest BCUT2D eigenvalue weighted by Gasteiger charge is -2.13. The van der Waals surface area contributed by atoms with Crippen LogP contribution in [0.25, 0.3) is 0 Å². The molecule has 0 radical (unpaired) electrons. The van der Waals surface area contributed by atoms with E-state index in [9.17, 15) is 5.11 Å². The number of hydrogen-bond acceptors (Lipinski definition) is 6. The normalized spacial score (nSPS) is 12.2. The van der Waals surface area contributed by atoms with Gasteiger partial charge in [0.05, 0.1) is 32.6 Å². The first-order valence-corrected chi connectivity index (χ1v) is 5.28. The third kappa shape index (κ3) is 3.85. The number of pyridine rings is 1. The van der Waals surface area contributed by atoms with Gasteiger partial charge in [-0.2, -0.15) is 0 Å². The van der Waals surface area contributed by atoms with Crippen LogP contribution in [0.15, 0.2) is 12.3 Å². The van der Waals surface area contributed by atoms with Gasteiger partial charge in [0.15, 0.2) is 11.5 Å². The first kappa shape index (κ1) is 13.7. The Morgan fingerprint density at radius 1 is 1.41 bits per heavy atom. The van der Waals surface area contributed by atoms with Crippen molar-refractivity contribution in [3.63, 3.8) is 0 Å². The van der Waals surface area contributed by atoms with E-state index >= 15 is 0 Å². The molecule has 3 N–H and O–H groups in total. The molecule has 0 bridgehead atoms. The van der Waals surface area contributed by atoms with Gasteiger partial charge in [-0.25, -0.2) is 0 Å². The van der Waals surface area contributed by atoms with Crippen molar-refractivity contribution in [2.75, 3.05) is 27.4 Å². The molecule has 0 spiro atoms. The summed E-state index contributed by atoms with van der Waals surface area (Å²) >= 11 is 0. The van der Waals surface area contributed by atoms with Crippen LogP contribution >= 0.6 is 0 Å². The van der Waals surface area contributed by atoms with Gasteiger partial charge in [-0.05, 0) is 0 Å². The summed E-state index contributed by atoms with van der Waals surface area (Å²) in [5.74, 6) is 1.18. The van der Waals surface area contributed by atoms with Gasteiger partial charge < -0.3 is 25.0 Å². The second-order valence-electron chi connectivity index (χ2n) is 3.46. The average Bonchev–Trinajstić information content (AvgIpc) is 2.37. The second kappa shape index (κ2) is 7.05. The maximum Gasteiger partial charge on any atom is 0.183 e. The summed E-state index contributed by atoms with van der Waals surface area (Å²) in [7, 11) is 3.11. The van der Waals surface area contributed by atoms with E-state index in [0.29, 0.717) is 30.3 Å². The Balaban J connectivity index is 2.64. The van der Waals surface area contributed by atoms with E-state index in [2.05, 4.69) is 10.3 Å². The lowest BCUT2D eigenvalue weighted by atomic mass is 10.3. The van der Waals surface area contributed by atoms with Crippen molar-refractivity contribution in [2.24, 2.45) is 0 Å². The van der Waals surface area contributed by atoms with Gasteiger partial charge in [0.2, 0.25) is 0 Å². The number of aliphatic hydroxyl groups excluding tert-OH is 2. The molecule has 0 aliphatic heterocycles. The summed E-state index contributed by atoms with van der Waals surface area (Å²) in [5.41, 5.74) is 0.692. The van der Waals surface area contributed by atoms with E-state index in [0.717, 1.165) is 0 Å². The van der Waals surface area contributed by atoms with Crippen molar-refractivity contribution >= 4 is 0 Å². The Bertz CT molecular complexity index is 346. The minimum Gasteiger partial charge on any atom is -0.493 e. The molecule has 96 valence electrons. The van der Waals surface area contributed by atoms with Crippen LogP contribution in [0.1, 0.15) is 5.69 Å². The van der Waals surface area contributed by atoms with Crippen molar-refractivity contribution in [1.29, 1.82) is 0 Å². The van der Waals surface area contributed by atoms with Crippen molar-refractivity contribution < 1.29 is 19.7 Å². The highest BCUT2D eigenvalue weighted by atomic mass is 16.5. The first-order valence-electron chi connectivity index (χ1n) is 5.28. The highest BCUT2D eigenvalue weighted by molar-refractivity contribution is 5.42. The van der Waals surface area contributed by atoms with Crippen LogP contribution in [-0.2, 0) is 6.54 Å². The van der Waals surface area contributed by atoms with E-state index < -0.39 is 6.10 Å². The predicted octanol–water partition coefficient (Wildman–Crippen LogP) is -0.458. The maximum absolute atomic E-state index is 9.17. The molecule has 1 heterocycles. The molecule has 0 fully saturated rings. The first-order chi connectivity index (χ1) is 8.22. The Morgan fingerprint density at radius 2 is 2.18 bits per heavy atom. The topological polar surface area (TPSA) is 83.8 Å². The van der Waals surface area contributed by atoms with Gasteiger partial charge in [0, 0.05) is 25.4 Å². The molecule has 1 aromatic rings. The number of hydrogen-bond donors (Lipinski definition) is 3. The summed E-state index contributed by atoms with van der Waals surface area (Å²) < 4.78 is 10.4. The van der Waals surface area contributed by atoms with Crippen molar-refractivity contribution in [3.8, 4) is 11.5 Å². The minimum absolute atomic E-state index is 0.268. The monoisotopic (exact) mass is 242 g/mol. The van der Waals surface area contributed by atoms with Crippen LogP contribution in [-0.4, -0.2) is 48.7 Å². The Morgan fingerprint density at radius 3 is 2.76 bits per heavy atom. The largest absolute Gasteiger partial charge is 0.493 e. The fourth-order valence-electron chi connectivity index (χ4n) is 1.40. The van der Waals surface area contributed by atoms with Gasteiger partial charge in [-0.1, -0.05) is 0 Å². The average molecular weight is 242 g/mol. The SMILES string of the molecule is COc1ccnc(CNCC(O)CO)c1OC. The van der Waals surface area contributed by atoms with Crippen LogP contribution < -0.4 is 14.8 Å². The molecule has 1 atom stereocenters. The predicted molar refractivity (Wildman–Crippen MR) is 62.1 cm³/mol. The number of rotatable bonds is 7. The zero-order valence-corrected chi connectivity index (χ0v) is 10.0. The Hall–Kier alpha value is -1.37. The summed E-state index contributed by atoms with van der Waals surface area (Å²) in [4.78, 5) is 4.17. The molecule has 1 rings (SSSR count). The minimum atomic E-state index is -0.772. The molecular weight excluding hydrogens is 224 g/mol. The van der Waals surface area contributed by atoms with Crippen LogP contribution in [0.4, 0.5) is 0 Å².